The van der Waals surface area contributed by atoms with E-state index >= 15 is 0 Å². The van der Waals surface area contributed by atoms with Gasteiger partial charge < -0.3 is 14.2 Å². The van der Waals surface area contributed by atoms with E-state index in [9.17, 15) is 0 Å². The van der Waals surface area contributed by atoms with E-state index in [0.29, 0.717) is 0 Å². The van der Waals surface area contributed by atoms with Crippen LogP contribution in [-0.2, 0) is 20.9 Å². The highest BCUT2D eigenvalue weighted by atomic mass is 16.7. The van der Waals surface area contributed by atoms with Crippen molar-refractivity contribution >= 4 is 0 Å². The summed E-state index contributed by atoms with van der Waals surface area (Å²) in [6.45, 7) is 4.13. The summed E-state index contributed by atoms with van der Waals surface area (Å²) in [5.74, 6) is -0.0534. The van der Waals surface area contributed by atoms with E-state index in [4.69, 9.17) is 14.2 Å². The molecule has 0 N–H and O–H groups in total. The Hall–Kier alpha value is -1.84. The number of methoxy groups -OCH3 is 2. The van der Waals surface area contributed by atoms with Crippen molar-refractivity contribution in [2.75, 3.05) is 14.2 Å². The average Bonchev–Trinajstić information content (AvgIpc) is 2.76. The van der Waals surface area contributed by atoms with E-state index in [1.165, 1.54) is 0 Å². The standard InChI is InChI=1S/C18H20O3/c1-17(2)15-7-5-6-8-16(15)18(20-4,21-17)13-9-11-14(19-3)12-10-13/h5-12H,1-4H3. The van der Waals surface area contributed by atoms with Crippen LogP contribution in [0.3, 0.4) is 0 Å². The second-order valence-electron chi connectivity index (χ2n) is 5.71. The molecule has 3 nitrogen and oxygen atoms in total. The van der Waals surface area contributed by atoms with Crippen molar-refractivity contribution in [3.63, 3.8) is 0 Å². The van der Waals surface area contributed by atoms with Crippen molar-refractivity contribution < 1.29 is 14.2 Å². The lowest BCUT2D eigenvalue weighted by Gasteiger charge is -2.31. The Morgan fingerprint density at radius 2 is 1.48 bits per heavy atom. The smallest absolute Gasteiger partial charge is 0.223 e. The predicted octanol–water partition coefficient (Wildman–Crippen LogP) is 3.81. The Balaban J connectivity index is 2.17. The number of fused-ring (bicyclic) bond motifs is 1. The van der Waals surface area contributed by atoms with Crippen molar-refractivity contribution in [2.24, 2.45) is 0 Å². The summed E-state index contributed by atoms with van der Waals surface area (Å²) in [5, 5.41) is 0. The Bertz CT molecular complexity index is 646. The molecule has 0 aliphatic carbocycles. The van der Waals surface area contributed by atoms with Crippen LogP contribution in [0.15, 0.2) is 48.5 Å². The first-order valence-corrected chi connectivity index (χ1v) is 7.03. The number of ether oxygens (including phenoxy) is 3. The molecule has 0 saturated carbocycles. The molecule has 1 atom stereocenters. The first-order chi connectivity index (χ1) is 10.0. The van der Waals surface area contributed by atoms with E-state index in [1.807, 2.05) is 36.4 Å². The maximum Gasteiger partial charge on any atom is 0.223 e. The van der Waals surface area contributed by atoms with Crippen LogP contribution < -0.4 is 4.74 Å². The van der Waals surface area contributed by atoms with Crippen molar-refractivity contribution in [1.82, 2.24) is 0 Å². The fourth-order valence-electron chi connectivity index (χ4n) is 3.06. The second-order valence-corrected chi connectivity index (χ2v) is 5.71. The molecule has 2 aromatic carbocycles. The van der Waals surface area contributed by atoms with E-state index in [0.717, 1.165) is 22.4 Å². The second kappa shape index (κ2) is 4.86. The molecule has 1 heterocycles. The highest BCUT2D eigenvalue weighted by Crippen LogP contribution is 2.50. The zero-order valence-corrected chi connectivity index (χ0v) is 12.8. The van der Waals surface area contributed by atoms with Gasteiger partial charge in [0.1, 0.15) is 5.75 Å². The maximum atomic E-state index is 6.35. The quantitative estimate of drug-likeness (QED) is 0.858. The van der Waals surface area contributed by atoms with Gasteiger partial charge in [0.2, 0.25) is 5.79 Å². The Kier molecular flexibility index (Phi) is 3.27. The van der Waals surface area contributed by atoms with Gasteiger partial charge in [-0.05, 0) is 43.7 Å². The molecule has 0 fully saturated rings. The van der Waals surface area contributed by atoms with Gasteiger partial charge in [-0.2, -0.15) is 0 Å². The molecule has 0 saturated heterocycles. The zero-order valence-electron chi connectivity index (χ0n) is 12.8. The third-order valence-electron chi connectivity index (χ3n) is 4.09. The molecule has 0 amide bonds. The molecule has 21 heavy (non-hydrogen) atoms. The molecule has 3 heteroatoms. The Labute approximate surface area is 125 Å². The Morgan fingerprint density at radius 1 is 0.857 bits per heavy atom. The third kappa shape index (κ3) is 2.04. The molecule has 110 valence electrons. The molecule has 3 rings (SSSR count). The normalized spacial score (nSPS) is 22.9. The summed E-state index contributed by atoms with van der Waals surface area (Å²) in [7, 11) is 3.34. The fourth-order valence-corrected chi connectivity index (χ4v) is 3.06. The lowest BCUT2D eigenvalue weighted by Crippen LogP contribution is -2.32. The van der Waals surface area contributed by atoms with Crippen LogP contribution in [0.2, 0.25) is 0 Å². The molecule has 0 bridgehead atoms. The van der Waals surface area contributed by atoms with Crippen LogP contribution in [0.25, 0.3) is 0 Å². The lowest BCUT2D eigenvalue weighted by molar-refractivity contribution is -0.238. The van der Waals surface area contributed by atoms with Gasteiger partial charge in [-0.1, -0.05) is 24.3 Å². The summed E-state index contributed by atoms with van der Waals surface area (Å²) < 4.78 is 17.4. The molecule has 1 aliphatic rings. The van der Waals surface area contributed by atoms with E-state index < -0.39 is 11.4 Å². The van der Waals surface area contributed by atoms with Gasteiger partial charge in [0.05, 0.1) is 12.7 Å². The van der Waals surface area contributed by atoms with Gasteiger partial charge >= 0.3 is 0 Å². The van der Waals surface area contributed by atoms with E-state index in [-0.39, 0.29) is 0 Å². The SMILES string of the molecule is COc1ccc(C2(OC)OC(C)(C)c3ccccc32)cc1. The summed E-state index contributed by atoms with van der Waals surface area (Å²) in [4.78, 5) is 0. The highest BCUT2D eigenvalue weighted by molar-refractivity contribution is 5.46. The highest BCUT2D eigenvalue weighted by Gasteiger charge is 2.50. The zero-order chi connectivity index (χ0) is 15.1. The van der Waals surface area contributed by atoms with Gasteiger partial charge in [-0.3, -0.25) is 0 Å². The summed E-state index contributed by atoms with van der Waals surface area (Å²) >= 11 is 0. The van der Waals surface area contributed by atoms with Gasteiger partial charge in [0.15, 0.2) is 0 Å². The number of hydrogen-bond acceptors (Lipinski definition) is 3. The molecule has 1 aliphatic heterocycles. The van der Waals surface area contributed by atoms with Crippen LogP contribution >= 0.6 is 0 Å². The van der Waals surface area contributed by atoms with E-state index in [2.05, 4.69) is 26.0 Å². The van der Waals surface area contributed by atoms with Crippen molar-refractivity contribution in [1.29, 1.82) is 0 Å². The largest absolute Gasteiger partial charge is 0.497 e. The molecule has 0 radical (unpaired) electrons. The minimum absolute atomic E-state index is 0.396. The predicted molar refractivity (Wildman–Crippen MR) is 81.3 cm³/mol. The Morgan fingerprint density at radius 3 is 2.05 bits per heavy atom. The molecular formula is C18H20O3. The molecule has 1 unspecified atom stereocenters. The van der Waals surface area contributed by atoms with Crippen molar-refractivity contribution in [3.05, 3.63) is 65.2 Å². The minimum atomic E-state index is -0.869. The molecule has 0 spiro atoms. The third-order valence-corrected chi connectivity index (χ3v) is 4.09. The molecular weight excluding hydrogens is 264 g/mol. The van der Waals surface area contributed by atoms with Crippen LogP contribution in [0.4, 0.5) is 0 Å². The first kappa shape index (κ1) is 14.1. The lowest BCUT2D eigenvalue weighted by atomic mass is 9.91. The van der Waals surface area contributed by atoms with Crippen LogP contribution in [-0.4, -0.2) is 14.2 Å². The summed E-state index contributed by atoms with van der Waals surface area (Å²) in [5.41, 5.74) is 2.78. The topological polar surface area (TPSA) is 27.7 Å². The van der Waals surface area contributed by atoms with Crippen molar-refractivity contribution in [2.45, 2.75) is 25.2 Å². The monoisotopic (exact) mass is 284 g/mol. The first-order valence-electron chi connectivity index (χ1n) is 7.03. The maximum absolute atomic E-state index is 6.35. The number of benzene rings is 2. The van der Waals surface area contributed by atoms with Gasteiger partial charge in [-0.15, -0.1) is 0 Å². The number of hydrogen-bond donors (Lipinski definition) is 0. The van der Waals surface area contributed by atoms with Crippen molar-refractivity contribution in [3.8, 4) is 5.75 Å². The summed E-state index contributed by atoms with van der Waals surface area (Å²) in [6.07, 6.45) is 0. The van der Waals surface area contributed by atoms with Crippen LogP contribution in [0.5, 0.6) is 5.75 Å². The van der Waals surface area contributed by atoms with Gasteiger partial charge in [0.25, 0.3) is 0 Å². The summed E-state index contributed by atoms with van der Waals surface area (Å²) in [6, 6.07) is 16.0. The number of rotatable bonds is 3. The molecule has 2 aromatic rings. The average molecular weight is 284 g/mol. The molecule has 0 aromatic heterocycles. The minimum Gasteiger partial charge on any atom is -0.497 e. The van der Waals surface area contributed by atoms with Crippen LogP contribution in [0.1, 0.15) is 30.5 Å². The van der Waals surface area contributed by atoms with E-state index in [1.54, 1.807) is 14.2 Å². The van der Waals surface area contributed by atoms with Gasteiger partial charge in [0, 0.05) is 18.2 Å². The van der Waals surface area contributed by atoms with Gasteiger partial charge in [-0.25, -0.2) is 0 Å². The van der Waals surface area contributed by atoms with Crippen LogP contribution in [0, 0.1) is 0 Å². The fraction of sp³-hybridized carbons (Fsp3) is 0.333.